The lowest BCUT2D eigenvalue weighted by atomic mass is 10.3. The number of amides is 1. The van der Waals surface area contributed by atoms with Gasteiger partial charge in [0.1, 0.15) is 0 Å². The molecule has 2 aromatic heterocycles. The molecule has 0 radical (unpaired) electrons. The van der Waals surface area contributed by atoms with Gasteiger partial charge in [-0.05, 0) is 30.7 Å². The third kappa shape index (κ3) is 2.94. The Morgan fingerprint density at radius 2 is 2.00 bits per heavy atom. The van der Waals surface area contributed by atoms with Gasteiger partial charge in [0.25, 0.3) is 5.91 Å². The minimum Gasteiger partial charge on any atom is -0.265 e. The predicted molar refractivity (Wildman–Crippen MR) is 84.7 cm³/mol. The summed E-state index contributed by atoms with van der Waals surface area (Å²) < 4.78 is 0.238. The summed E-state index contributed by atoms with van der Waals surface area (Å²) in [5.74, 6) is -0.292. The highest BCUT2D eigenvalue weighted by Gasteiger charge is 2.25. The Labute approximate surface area is 133 Å². The van der Waals surface area contributed by atoms with E-state index in [0.717, 1.165) is 22.7 Å². The molecule has 0 bridgehead atoms. The number of nitrogens with zero attached hydrogens (tertiary/aromatic N) is 4. The van der Waals surface area contributed by atoms with Crippen molar-refractivity contribution in [3.05, 3.63) is 50.9 Å². The van der Waals surface area contributed by atoms with Crippen LogP contribution in [0, 0.1) is 6.92 Å². The van der Waals surface area contributed by atoms with E-state index in [4.69, 9.17) is 11.6 Å². The molecule has 0 N–H and O–H groups in total. The van der Waals surface area contributed by atoms with Gasteiger partial charge >= 0.3 is 0 Å². The van der Waals surface area contributed by atoms with Crippen molar-refractivity contribution in [3.63, 3.8) is 0 Å². The van der Waals surface area contributed by atoms with Crippen LogP contribution < -0.4 is 4.90 Å². The molecule has 0 aliphatic rings. The Kier molecular flexibility index (Phi) is 3.96. The number of benzene rings is 1. The Balaban J connectivity index is 2.06. The molecule has 21 heavy (non-hydrogen) atoms. The minimum atomic E-state index is -0.292. The van der Waals surface area contributed by atoms with Gasteiger partial charge in [0.05, 0.1) is 11.4 Å². The fourth-order valence-electron chi connectivity index (χ4n) is 1.72. The molecule has 0 aliphatic heterocycles. The standard InChI is InChI=1S/C13H9ClN4OS2/c1-8-7-20-13(15-8)18(9-5-3-2-4-6-9)11(19)10-16-17-12(14)21-10/h2-7H,1H3. The van der Waals surface area contributed by atoms with E-state index < -0.39 is 0 Å². The van der Waals surface area contributed by atoms with Crippen LogP contribution in [0.5, 0.6) is 0 Å². The third-order valence-corrected chi connectivity index (χ3v) is 4.55. The molecule has 2 heterocycles. The molecule has 5 nitrogen and oxygen atoms in total. The van der Waals surface area contributed by atoms with Crippen LogP contribution in [-0.2, 0) is 0 Å². The van der Waals surface area contributed by atoms with Gasteiger partial charge in [-0.1, -0.05) is 29.5 Å². The van der Waals surface area contributed by atoms with Crippen molar-refractivity contribution >= 4 is 51.0 Å². The van der Waals surface area contributed by atoms with Crippen molar-refractivity contribution in [1.82, 2.24) is 15.2 Å². The SMILES string of the molecule is Cc1csc(N(C(=O)c2nnc(Cl)s2)c2ccccc2)n1. The van der Waals surface area contributed by atoms with Crippen molar-refractivity contribution in [2.24, 2.45) is 0 Å². The predicted octanol–water partition coefficient (Wildman–Crippen LogP) is 3.93. The van der Waals surface area contributed by atoms with Crippen LogP contribution in [-0.4, -0.2) is 21.1 Å². The first-order valence-corrected chi connectivity index (χ1v) is 8.03. The molecule has 8 heteroatoms. The Hall–Kier alpha value is -1.83. The Bertz CT molecular complexity index is 771. The van der Waals surface area contributed by atoms with Gasteiger partial charge < -0.3 is 0 Å². The summed E-state index contributed by atoms with van der Waals surface area (Å²) >= 11 is 8.22. The molecular weight excluding hydrogens is 328 g/mol. The number of aryl methyl sites for hydroxylation is 1. The first-order valence-electron chi connectivity index (χ1n) is 5.96. The summed E-state index contributed by atoms with van der Waals surface area (Å²) in [6.45, 7) is 1.88. The second kappa shape index (κ2) is 5.88. The number of anilines is 2. The lowest BCUT2D eigenvalue weighted by molar-refractivity contribution is 0.0998. The highest BCUT2D eigenvalue weighted by molar-refractivity contribution is 7.17. The van der Waals surface area contributed by atoms with Gasteiger partial charge in [0.15, 0.2) is 5.13 Å². The summed E-state index contributed by atoms with van der Waals surface area (Å²) in [6.07, 6.45) is 0. The van der Waals surface area contributed by atoms with Gasteiger partial charge in [-0.25, -0.2) is 9.88 Å². The number of thiazole rings is 1. The second-order valence-electron chi connectivity index (χ2n) is 4.11. The van der Waals surface area contributed by atoms with Crippen LogP contribution in [0.4, 0.5) is 10.8 Å². The van der Waals surface area contributed by atoms with E-state index in [9.17, 15) is 4.79 Å². The lowest BCUT2D eigenvalue weighted by Gasteiger charge is -2.18. The summed E-state index contributed by atoms with van der Waals surface area (Å²) in [7, 11) is 0. The van der Waals surface area contributed by atoms with Crippen LogP contribution in [0.25, 0.3) is 0 Å². The van der Waals surface area contributed by atoms with Crippen molar-refractivity contribution in [1.29, 1.82) is 0 Å². The molecule has 3 aromatic rings. The molecule has 0 aliphatic carbocycles. The molecule has 1 amide bonds. The molecule has 106 valence electrons. The number of hydrogen-bond donors (Lipinski definition) is 0. The molecule has 0 atom stereocenters. The van der Waals surface area contributed by atoms with Crippen LogP contribution in [0.3, 0.4) is 0 Å². The van der Waals surface area contributed by atoms with Gasteiger partial charge in [-0.15, -0.1) is 21.5 Å². The van der Waals surface area contributed by atoms with E-state index in [1.807, 2.05) is 42.6 Å². The van der Waals surface area contributed by atoms with E-state index in [0.29, 0.717) is 5.13 Å². The highest BCUT2D eigenvalue weighted by atomic mass is 35.5. The zero-order valence-electron chi connectivity index (χ0n) is 10.9. The fraction of sp³-hybridized carbons (Fsp3) is 0.0769. The van der Waals surface area contributed by atoms with Crippen molar-refractivity contribution in [2.45, 2.75) is 6.92 Å². The first kappa shape index (κ1) is 14.1. The number of rotatable bonds is 3. The van der Waals surface area contributed by atoms with Gasteiger partial charge in [0.2, 0.25) is 9.47 Å². The number of carbonyl (C=O) groups excluding carboxylic acids is 1. The zero-order chi connectivity index (χ0) is 14.8. The summed E-state index contributed by atoms with van der Waals surface area (Å²) in [6, 6.07) is 9.31. The summed E-state index contributed by atoms with van der Waals surface area (Å²) in [4.78, 5) is 18.6. The quantitative estimate of drug-likeness (QED) is 0.727. The normalized spacial score (nSPS) is 10.6. The maximum Gasteiger partial charge on any atom is 0.295 e. The minimum absolute atomic E-state index is 0.233. The maximum atomic E-state index is 12.7. The first-order chi connectivity index (χ1) is 10.1. The molecule has 0 fully saturated rings. The van der Waals surface area contributed by atoms with Crippen LogP contribution in [0.2, 0.25) is 4.47 Å². The average Bonchev–Trinajstić information content (AvgIpc) is 3.09. The molecule has 3 rings (SSSR count). The molecular formula is C13H9ClN4OS2. The second-order valence-corrected chi connectivity index (χ2v) is 6.50. The van der Waals surface area contributed by atoms with Crippen LogP contribution >= 0.6 is 34.3 Å². The van der Waals surface area contributed by atoms with E-state index in [2.05, 4.69) is 15.2 Å². The molecule has 0 unspecified atom stereocenters. The Morgan fingerprint density at radius 3 is 2.57 bits per heavy atom. The largest absolute Gasteiger partial charge is 0.295 e. The monoisotopic (exact) mass is 336 g/mol. The topological polar surface area (TPSA) is 59.0 Å². The molecule has 0 saturated heterocycles. The number of carbonyl (C=O) groups is 1. The number of hydrogen-bond acceptors (Lipinski definition) is 6. The highest BCUT2D eigenvalue weighted by Crippen LogP contribution is 2.31. The van der Waals surface area contributed by atoms with Crippen molar-refractivity contribution in [3.8, 4) is 0 Å². The average molecular weight is 337 g/mol. The lowest BCUT2D eigenvalue weighted by Crippen LogP contribution is -2.25. The van der Waals surface area contributed by atoms with E-state index in [-0.39, 0.29) is 15.4 Å². The molecule has 0 spiro atoms. The smallest absolute Gasteiger partial charge is 0.265 e. The van der Waals surface area contributed by atoms with Crippen molar-refractivity contribution in [2.75, 3.05) is 4.90 Å². The van der Waals surface area contributed by atoms with Gasteiger partial charge in [-0.2, -0.15) is 0 Å². The number of para-hydroxylation sites is 1. The Morgan fingerprint density at radius 1 is 1.24 bits per heavy atom. The third-order valence-electron chi connectivity index (χ3n) is 2.60. The number of halogens is 1. The van der Waals surface area contributed by atoms with Crippen molar-refractivity contribution < 1.29 is 4.79 Å². The van der Waals surface area contributed by atoms with Gasteiger partial charge in [0, 0.05) is 5.38 Å². The summed E-state index contributed by atoms with van der Waals surface area (Å²) in [5, 5.41) is 10.2. The van der Waals surface area contributed by atoms with E-state index in [1.54, 1.807) is 0 Å². The van der Waals surface area contributed by atoms with E-state index in [1.165, 1.54) is 16.2 Å². The number of aromatic nitrogens is 3. The molecule has 1 aromatic carbocycles. The maximum absolute atomic E-state index is 12.7. The van der Waals surface area contributed by atoms with Crippen LogP contribution in [0.1, 0.15) is 15.5 Å². The fourth-order valence-corrected chi connectivity index (χ4v) is 3.30. The van der Waals surface area contributed by atoms with E-state index >= 15 is 0 Å². The van der Waals surface area contributed by atoms with Gasteiger partial charge in [-0.3, -0.25) is 4.79 Å². The molecule has 0 saturated carbocycles. The summed E-state index contributed by atoms with van der Waals surface area (Å²) in [5.41, 5.74) is 1.59. The zero-order valence-corrected chi connectivity index (χ0v) is 13.2. The van der Waals surface area contributed by atoms with Crippen LogP contribution in [0.15, 0.2) is 35.7 Å².